The average Bonchev–Trinajstić information content (AvgIpc) is 2.57. The molecular weight excluding hydrogens is 282 g/mol. The van der Waals surface area contributed by atoms with E-state index in [0.29, 0.717) is 11.8 Å². The van der Waals surface area contributed by atoms with Gasteiger partial charge in [-0.25, -0.2) is 0 Å². The maximum absolute atomic E-state index is 5.79. The van der Waals surface area contributed by atoms with Crippen molar-refractivity contribution in [2.24, 2.45) is 5.92 Å². The topological polar surface area (TPSA) is 12.5 Å². The Balaban J connectivity index is 1.88. The molecule has 1 aromatic carbocycles. The first-order valence-corrected chi connectivity index (χ1v) is 9.65. The van der Waals surface area contributed by atoms with E-state index in [1.54, 1.807) is 0 Å². The fourth-order valence-corrected chi connectivity index (χ4v) is 3.54. The molecule has 1 heterocycles. The van der Waals surface area contributed by atoms with Crippen molar-refractivity contribution in [1.29, 1.82) is 0 Å². The fraction of sp³-hybridized carbons (Fsp3) is 0.714. The second kappa shape index (κ2) is 9.97. The quantitative estimate of drug-likeness (QED) is 0.559. The van der Waals surface area contributed by atoms with Crippen LogP contribution in [0.4, 0.5) is 0 Å². The summed E-state index contributed by atoms with van der Waals surface area (Å²) in [5, 5.41) is 0. The van der Waals surface area contributed by atoms with Gasteiger partial charge in [-0.1, -0.05) is 45.7 Å². The van der Waals surface area contributed by atoms with Gasteiger partial charge in [0.15, 0.2) is 0 Å². The van der Waals surface area contributed by atoms with Gasteiger partial charge in [0.25, 0.3) is 0 Å². The number of rotatable bonds is 9. The number of nitrogens with zero attached hydrogens (tertiary/aromatic N) is 1. The van der Waals surface area contributed by atoms with Crippen LogP contribution in [0.1, 0.15) is 70.8 Å². The molecule has 130 valence electrons. The van der Waals surface area contributed by atoms with E-state index < -0.39 is 0 Å². The molecular formula is C21H35NO. The zero-order valence-electron chi connectivity index (χ0n) is 15.4. The first-order valence-electron chi connectivity index (χ1n) is 9.65. The smallest absolute Gasteiger partial charge is 0.119 e. The van der Waals surface area contributed by atoms with Crippen molar-refractivity contribution >= 4 is 0 Å². The predicted octanol–water partition coefficient (Wildman–Crippen LogP) is 5.48. The van der Waals surface area contributed by atoms with Gasteiger partial charge in [-0.15, -0.1) is 0 Å². The lowest BCUT2D eigenvalue weighted by atomic mass is 9.85. The Kier molecular flexibility index (Phi) is 7.94. The molecule has 0 radical (unpaired) electrons. The molecule has 1 unspecified atom stereocenters. The second-order valence-electron chi connectivity index (χ2n) is 7.31. The van der Waals surface area contributed by atoms with Gasteiger partial charge < -0.3 is 9.64 Å². The Labute approximate surface area is 143 Å². The summed E-state index contributed by atoms with van der Waals surface area (Å²) in [6.07, 6.45) is 7.78. The lowest BCUT2D eigenvalue weighted by molar-refractivity contribution is 0.215. The van der Waals surface area contributed by atoms with Crippen LogP contribution in [0.25, 0.3) is 0 Å². The van der Waals surface area contributed by atoms with Gasteiger partial charge in [0.05, 0.1) is 6.61 Å². The van der Waals surface area contributed by atoms with Crippen molar-refractivity contribution in [3.05, 3.63) is 29.8 Å². The highest BCUT2D eigenvalue weighted by Crippen LogP contribution is 2.30. The standard InChI is InChI=1S/C21H35NO/c1-4-5-17-23-20-11-9-19(10-12-20)21(18(2)3)13-16-22-14-7-6-8-15-22/h9-12,18,21H,4-8,13-17H2,1-3H3. The number of hydrogen-bond acceptors (Lipinski definition) is 2. The Morgan fingerprint density at radius 2 is 1.74 bits per heavy atom. The summed E-state index contributed by atoms with van der Waals surface area (Å²) >= 11 is 0. The fourth-order valence-electron chi connectivity index (χ4n) is 3.54. The number of benzene rings is 1. The largest absolute Gasteiger partial charge is 0.494 e. The number of piperidine rings is 1. The summed E-state index contributed by atoms with van der Waals surface area (Å²) < 4.78 is 5.79. The second-order valence-corrected chi connectivity index (χ2v) is 7.31. The van der Waals surface area contributed by atoms with Crippen LogP contribution in [0.5, 0.6) is 5.75 Å². The van der Waals surface area contributed by atoms with E-state index >= 15 is 0 Å². The van der Waals surface area contributed by atoms with Crippen LogP contribution < -0.4 is 4.74 Å². The van der Waals surface area contributed by atoms with Crippen LogP contribution in [0, 0.1) is 5.92 Å². The normalized spacial score (nSPS) is 17.4. The van der Waals surface area contributed by atoms with E-state index in [1.165, 1.54) is 57.3 Å². The zero-order valence-corrected chi connectivity index (χ0v) is 15.4. The molecule has 0 bridgehead atoms. The average molecular weight is 318 g/mol. The maximum Gasteiger partial charge on any atom is 0.119 e. The van der Waals surface area contributed by atoms with Crippen LogP contribution in [-0.2, 0) is 0 Å². The summed E-state index contributed by atoms with van der Waals surface area (Å²) in [5.41, 5.74) is 1.47. The molecule has 2 rings (SSSR count). The molecule has 1 atom stereocenters. The highest BCUT2D eigenvalue weighted by Gasteiger charge is 2.18. The van der Waals surface area contributed by atoms with E-state index in [2.05, 4.69) is 49.9 Å². The third-order valence-electron chi connectivity index (χ3n) is 5.08. The van der Waals surface area contributed by atoms with Gasteiger partial charge in [-0.2, -0.15) is 0 Å². The number of unbranched alkanes of at least 4 members (excludes halogenated alkanes) is 1. The summed E-state index contributed by atoms with van der Waals surface area (Å²) in [6.45, 7) is 11.6. The van der Waals surface area contributed by atoms with Crippen LogP contribution in [-0.4, -0.2) is 31.1 Å². The third-order valence-corrected chi connectivity index (χ3v) is 5.08. The maximum atomic E-state index is 5.79. The summed E-state index contributed by atoms with van der Waals surface area (Å²) in [6, 6.07) is 8.87. The van der Waals surface area contributed by atoms with Crippen molar-refractivity contribution in [3.63, 3.8) is 0 Å². The first kappa shape index (κ1) is 18.3. The Bertz CT molecular complexity index is 420. The summed E-state index contributed by atoms with van der Waals surface area (Å²) in [4.78, 5) is 2.65. The van der Waals surface area contributed by atoms with Gasteiger partial charge in [0, 0.05) is 0 Å². The van der Waals surface area contributed by atoms with Gasteiger partial charge in [0.2, 0.25) is 0 Å². The lowest BCUT2D eigenvalue weighted by Crippen LogP contribution is -2.31. The van der Waals surface area contributed by atoms with Gasteiger partial charge in [0.1, 0.15) is 5.75 Å². The summed E-state index contributed by atoms with van der Waals surface area (Å²) in [7, 11) is 0. The van der Waals surface area contributed by atoms with Gasteiger partial charge in [-0.05, 0) is 74.8 Å². The van der Waals surface area contributed by atoms with Crippen LogP contribution in [0.2, 0.25) is 0 Å². The molecule has 2 heteroatoms. The first-order chi connectivity index (χ1) is 11.2. The van der Waals surface area contributed by atoms with E-state index in [0.717, 1.165) is 18.8 Å². The number of hydrogen-bond donors (Lipinski definition) is 0. The molecule has 0 aromatic heterocycles. The van der Waals surface area contributed by atoms with E-state index in [9.17, 15) is 0 Å². The molecule has 23 heavy (non-hydrogen) atoms. The zero-order chi connectivity index (χ0) is 16.5. The van der Waals surface area contributed by atoms with Crippen molar-refractivity contribution in [3.8, 4) is 5.75 Å². The van der Waals surface area contributed by atoms with Gasteiger partial charge in [-0.3, -0.25) is 0 Å². The molecule has 0 amide bonds. The molecule has 0 spiro atoms. The minimum Gasteiger partial charge on any atom is -0.494 e. The highest BCUT2D eigenvalue weighted by atomic mass is 16.5. The minimum atomic E-state index is 0.654. The number of ether oxygens (including phenoxy) is 1. The molecule has 1 fully saturated rings. The molecule has 1 saturated heterocycles. The van der Waals surface area contributed by atoms with Crippen LogP contribution in [0.15, 0.2) is 24.3 Å². The monoisotopic (exact) mass is 317 g/mol. The van der Waals surface area contributed by atoms with Gasteiger partial charge >= 0.3 is 0 Å². The molecule has 0 saturated carbocycles. The minimum absolute atomic E-state index is 0.654. The van der Waals surface area contributed by atoms with Crippen molar-refractivity contribution in [2.75, 3.05) is 26.2 Å². The lowest BCUT2D eigenvalue weighted by Gasteiger charge is -2.29. The van der Waals surface area contributed by atoms with E-state index in [1.807, 2.05) is 0 Å². The molecule has 1 aromatic rings. The molecule has 0 aliphatic carbocycles. The Hall–Kier alpha value is -1.02. The molecule has 0 N–H and O–H groups in total. The molecule has 2 nitrogen and oxygen atoms in total. The van der Waals surface area contributed by atoms with Crippen LogP contribution >= 0.6 is 0 Å². The van der Waals surface area contributed by atoms with Crippen molar-refractivity contribution in [1.82, 2.24) is 4.90 Å². The number of likely N-dealkylation sites (tertiary alicyclic amines) is 1. The molecule has 1 aliphatic rings. The SMILES string of the molecule is CCCCOc1ccc(C(CCN2CCCCC2)C(C)C)cc1. The Morgan fingerprint density at radius 3 is 2.35 bits per heavy atom. The highest BCUT2D eigenvalue weighted by molar-refractivity contribution is 5.29. The summed E-state index contributed by atoms with van der Waals surface area (Å²) in [5.74, 6) is 2.36. The Morgan fingerprint density at radius 1 is 1.04 bits per heavy atom. The van der Waals surface area contributed by atoms with E-state index in [-0.39, 0.29) is 0 Å². The van der Waals surface area contributed by atoms with E-state index in [4.69, 9.17) is 4.74 Å². The van der Waals surface area contributed by atoms with Crippen molar-refractivity contribution in [2.45, 2.75) is 65.2 Å². The molecule has 1 aliphatic heterocycles. The van der Waals surface area contributed by atoms with Crippen molar-refractivity contribution < 1.29 is 4.74 Å². The predicted molar refractivity (Wildman–Crippen MR) is 99.3 cm³/mol. The van der Waals surface area contributed by atoms with Crippen LogP contribution in [0.3, 0.4) is 0 Å². The third kappa shape index (κ3) is 6.18.